The molecule has 0 fully saturated rings. The summed E-state index contributed by atoms with van der Waals surface area (Å²) in [5, 5.41) is 13.3. The van der Waals surface area contributed by atoms with E-state index in [1.54, 1.807) is 19.3 Å². The number of nitrogens with one attached hydrogen (secondary N) is 1. The van der Waals surface area contributed by atoms with Gasteiger partial charge in [-0.2, -0.15) is 0 Å². The van der Waals surface area contributed by atoms with Crippen LogP contribution in [0.25, 0.3) is 0 Å². The average Bonchev–Trinajstić information content (AvgIpc) is 2.30. The van der Waals surface area contributed by atoms with Crippen molar-refractivity contribution in [3.05, 3.63) is 18.0 Å². The standard InChI is InChI=1S/C14H23N3O2S/c1-9(2)17-14(5,12(18)19)6-11(4)20-13-15-7-10(3)8-16-13/h7-9,11,17H,6H2,1-5H3,(H,18,19). The minimum atomic E-state index is -0.939. The number of hydrogen-bond donors (Lipinski definition) is 2. The maximum Gasteiger partial charge on any atom is 0.323 e. The third-order valence-electron chi connectivity index (χ3n) is 2.84. The Kier molecular flexibility index (Phi) is 5.95. The summed E-state index contributed by atoms with van der Waals surface area (Å²) in [4.78, 5) is 20.0. The van der Waals surface area contributed by atoms with E-state index in [4.69, 9.17) is 0 Å². The molecule has 0 aliphatic heterocycles. The van der Waals surface area contributed by atoms with E-state index in [0.717, 1.165) is 5.56 Å². The topological polar surface area (TPSA) is 75.1 Å². The summed E-state index contributed by atoms with van der Waals surface area (Å²) < 4.78 is 0. The van der Waals surface area contributed by atoms with Gasteiger partial charge in [0.05, 0.1) is 0 Å². The van der Waals surface area contributed by atoms with Gasteiger partial charge in [0, 0.05) is 23.7 Å². The van der Waals surface area contributed by atoms with E-state index in [-0.39, 0.29) is 11.3 Å². The molecule has 0 aliphatic rings. The van der Waals surface area contributed by atoms with Crippen LogP contribution in [-0.4, -0.2) is 37.9 Å². The van der Waals surface area contributed by atoms with Gasteiger partial charge >= 0.3 is 5.97 Å². The molecule has 20 heavy (non-hydrogen) atoms. The Bertz CT molecular complexity index is 450. The molecule has 0 spiro atoms. The molecule has 112 valence electrons. The SMILES string of the molecule is Cc1cnc(SC(C)CC(C)(NC(C)C)C(=O)O)nc1. The van der Waals surface area contributed by atoms with Gasteiger partial charge in [-0.3, -0.25) is 10.1 Å². The van der Waals surface area contributed by atoms with Crippen LogP contribution in [0.4, 0.5) is 0 Å². The molecule has 0 saturated carbocycles. The summed E-state index contributed by atoms with van der Waals surface area (Å²) in [6.45, 7) is 9.55. The first-order valence-electron chi connectivity index (χ1n) is 6.69. The Labute approximate surface area is 124 Å². The Morgan fingerprint density at radius 3 is 2.40 bits per heavy atom. The van der Waals surface area contributed by atoms with E-state index < -0.39 is 11.5 Å². The second kappa shape index (κ2) is 7.04. The van der Waals surface area contributed by atoms with Crippen molar-refractivity contribution in [2.75, 3.05) is 0 Å². The zero-order valence-electron chi connectivity index (χ0n) is 12.7. The number of aryl methyl sites for hydroxylation is 1. The van der Waals surface area contributed by atoms with E-state index in [1.165, 1.54) is 11.8 Å². The smallest absolute Gasteiger partial charge is 0.323 e. The fourth-order valence-electron chi connectivity index (χ4n) is 2.08. The predicted octanol–water partition coefficient (Wildman–Crippen LogP) is 2.50. The maximum atomic E-state index is 11.5. The van der Waals surface area contributed by atoms with Crippen molar-refractivity contribution in [2.45, 2.75) is 63.0 Å². The third kappa shape index (κ3) is 5.09. The molecule has 0 saturated heterocycles. The van der Waals surface area contributed by atoms with E-state index in [9.17, 15) is 9.90 Å². The largest absolute Gasteiger partial charge is 0.480 e. The molecule has 0 aromatic carbocycles. The number of rotatable bonds is 7. The molecule has 5 nitrogen and oxygen atoms in total. The first-order chi connectivity index (χ1) is 9.23. The summed E-state index contributed by atoms with van der Waals surface area (Å²) in [5.41, 5.74) is 0.0736. The minimum Gasteiger partial charge on any atom is -0.480 e. The van der Waals surface area contributed by atoms with E-state index in [1.807, 2.05) is 27.7 Å². The number of nitrogens with zero attached hydrogens (tertiary/aromatic N) is 2. The van der Waals surface area contributed by atoms with Crippen LogP contribution in [0.1, 0.15) is 39.7 Å². The number of carboxylic acid groups (broad SMARTS) is 1. The molecule has 0 bridgehead atoms. The third-order valence-corrected chi connectivity index (χ3v) is 3.83. The van der Waals surface area contributed by atoms with Crippen LogP contribution in [0.5, 0.6) is 0 Å². The maximum absolute atomic E-state index is 11.5. The lowest BCUT2D eigenvalue weighted by Crippen LogP contribution is -2.53. The van der Waals surface area contributed by atoms with Crippen LogP contribution in [0.3, 0.4) is 0 Å². The van der Waals surface area contributed by atoms with Crippen molar-refractivity contribution >= 4 is 17.7 Å². The van der Waals surface area contributed by atoms with Crippen molar-refractivity contribution in [1.82, 2.24) is 15.3 Å². The molecule has 0 amide bonds. The van der Waals surface area contributed by atoms with Crippen molar-refractivity contribution < 1.29 is 9.90 Å². The van der Waals surface area contributed by atoms with Crippen LogP contribution >= 0.6 is 11.8 Å². The quantitative estimate of drug-likeness (QED) is 0.595. The van der Waals surface area contributed by atoms with Gasteiger partial charge in [0.1, 0.15) is 5.54 Å². The van der Waals surface area contributed by atoms with Crippen LogP contribution in [-0.2, 0) is 4.79 Å². The number of aromatic nitrogens is 2. The summed E-state index contributed by atoms with van der Waals surface area (Å²) in [6, 6.07) is 0.115. The van der Waals surface area contributed by atoms with Gasteiger partial charge in [-0.1, -0.05) is 18.7 Å². The minimum absolute atomic E-state index is 0.102. The highest BCUT2D eigenvalue weighted by molar-refractivity contribution is 7.99. The van der Waals surface area contributed by atoms with E-state index >= 15 is 0 Å². The van der Waals surface area contributed by atoms with Crippen LogP contribution in [0.2, 0.25) is 0 Å². The van der Waals surface area contributed by atoms with Crippen molar-refractivity contribution in [3.8, 4) is 0 Å². The van der Waals surface area contributed by atoms with Gasteiger partial charge in [0.25, 0.3) is 0 Å². The zero-order chi connectivity index (χ0) is 15.3. The average molecular weight is 297 g/mol. The molecule has 0 aliphatic carbocycles. The second-order valence-electron chi connectivity index (χ2n) is 5.61. The molecule has 0 radical (unpaired) electrons. The highest BCUT2D eigenvalue weighted by Crippen LogP contribution is 2.26. The Hall–Kier alpha value is -1.14. The Morgan fingerprint density at radius 2 is 1.95 bits per heavy atom. The number of thioether (sulfide) groups is 1. The van der Waals surface area contributed by atoms with Crippen LogP contribution in [0, 0.1) is 6.92 Å². The number of carbonyl (C=O) groups is 1. The molecule has 2 atom stereocenters. The molecule has 1 heterocycles. The van der Waals surface area contributed by atoms with Gasteiger partial charge in [-0.25, -0.2) is 9.97 Å². The first kappa shape index (κ1) is 16.9. The predicted molar refractivity (Wildman–Crippen MR) is 81.0 cm³/mol. The van der Waals surface area contributed by atoms with Crippen molar-refractivity contribution in [2.24, 2.45) is 0 Å². The summed E-state index contributed by atoms with van der Waals surface area (Å²) in [5.74, 6) is -0.830. The normalized spacial score (nSPS) is 15.9. The molecule has 1 rings (SSSR count). The number of aliphatic carboxylic acids is 1. The zero-order valence-corrected chi connectivity index (χ0v) is 13.5. The van der Waals surface area contributed by atoms with Crippen molar-refractivity contribution in [1.29, 1.82) is 0 Å². The summed E-state index contributed by atoms with van der Waals surface area (Å²) in [6.07, 6.45) is 4.04. The van der Waals surface area contributed by atoms with Gasteiger partial charge in [0.15, 0.2) is 5.16 Å². The van der Waals surface area contributed by atoms with Gasteiger partial charge in [0.2, 0.25) is 0 Å². The monoisotopic (exact) mass is 297 g/mol. The first-order valence-corrected chi connectivity index (χ1v) is 7.57. The Balaban J connectivity index is 2.69. The lowest BCUT2D eigenvalue weighted by molar-refractivity contribution is -0.144. The van der Waals surface area contributed by atoms with Crippen molar-refractivity contribution in [3.63, 3.8) is 0 Å². The van der Waals surface area contributed by atoms with Crippen LogP contribution < -0.4 is 5.32 Å². The fourth-order valence-corrected chi connectivity index (χ4v) is 3.09. The van der Waals surface area contributed by atoms with Gasteiger partial charge in [-0.05, 0) is 39.7 Å². The highest BCUT2D eigenvalue weighted by atomic mass is 32.2. The summed E-state index contributed by atoms with van der Waals surface area (Å²) in [7, 11) is 0. The molecule has 1 aromatic heterocycles. The van der Waals surface area contributed by atoms with Gasteiger partial charge in [-0.15, -0.1) is 0 Å². The molecule has 2 unspecified atom stereocenters. The highest BCUT2D eigenvalue weighted by Gasteiger charge is 2.35. The lowest BCUT2D eigenvalue weighted by Gasteiger charge is -2.30. The lowest BCUT2D eigenvalue weighted by atomic mass is 9.95. The van der Waals surface area contributed by atoms with Crippen LogP contribution in [0.15, 0.2) is 17.6 Å². The number of hydrogen-bond acceptors (Lipinski definition) is 5. The molecule has 6 heteroatoms. The van der Waals surface area contributed by atoms with E-state index in [2.05, 4.69) is 15.3 Å². The van der Waals surface area contributed by atoms with Gasteiger partial charge < -0.3 is 5.11 Å². The Morgan fingerprint density at radius 1 is 1.40 bits per heavy atom. The molecular weight excluding hydrogens is 274 g/mol. The fraction of sp³-hybridized carbons (Fsp3) is 0.643. The summed E-state index contributed by atoms with van der Waals surface area (Å²) >= 11 is 1.50. The molecule has 2 N–H and O–H groups in total. The molecular formula is C14H23N3O2S. The number of carboxylic acids is 1. The van der Waals surface area contributed by atoms with E-state index in [0.29, 0.717) is 11.6 Å². The second-order valence-corrected chi connectivity index (χ2v) is 7.02. The molecule has 1 aromatic rings.